The average Bonchev–Trinajstić information content (AvgIpc) is 2.95. The van der Waals surface area contributed by atoms with E-state index >= 15 is 0 Å². The standard InChI is InChI=1S/C24H36N4O/c1-17-12-18(2)15-27(14-17)24(5,6)16-25-23(29)13-22-19(3)26-28(20(22)4)21-10-8-7-9-11-21/h7-11,17-18H,12-16H2,1-6H3,(H,25,29). The molecule has 0 bridgehead atoms. The van der Waals surface area contributed by atoms with E-state index < -0.39 is 0 Å². The topological polar surface area (TPSA) is 50.2 Å². The maximum Gasteiger partial charge on any atom is 0.224 e. The molecule has 0 radical (unpaired) electrons. The van der Waals surface area contributed by atoms with E-state index in [0.717, 1.165) is 35.7 Å². The van der Waals surface area contributed by atoms with Crippen molar-refractivity contribution in [2.45, 2.75) is 59.9 Å². The molecule has 2 aromatic rings. The Morgan fingerprint density at radius 2 is 1.76 bits per heavy atom. The van der Waals surface area contributed by atoms with Crippen LogP contribution in [0.5, 0.6) is 0 Å². The van der Waals surface area contributed by atoms with Gasteiger partial charge in [-0.05, 0) is 58.1 Å². The van der Waals surface area contributed by atoms with Crippen LogP contribution in [0.25, 0.3) is 5.69 Å². The maximum absolute atomic E-state index is 12.8. The smallest absolute Gasteiger partial charge is 0.224 e. The van der Waals surface area contributed by atoms with Gasteiger partial charge in [-0.1, -0.05) is 32.0 Å². The Labute approximate surface area is 175 Å². The van der Waals surface area contributed by atoms with Crippen molar-refractivity contribution in [3.63, 3.8) is 0 Å². The monoisotopic (exact) mass is 396 g/mol. The molecule has 5 heteroatoms. The van der Waals surface area contributed by atoms with Crippen LogP contribution < -0.4 is 5.32 Å². The van der Waals surface area contributed by atoms with Gasteiger partial charge in [-0.15, -0.1) is 0 Å². The summed E-state index contributed by atoms with van der Waals surface area (Å²) >= 11 is 0. The van der Waals surface area contributed by atoms with Crippen molar-refractivity contribution in [1.29, 1.82) is 0 Å². The second-order valence-electron chi connectivity index (χ2n) is 9.51. The van der Waals surface area contributed by atoms with Crippen molar-refractivity contribution in [2.75, 3.05) is 19.6 Å². The average molecular weight is 397 g/mol. The fraction of sp³-hybridized carbons (Fsp3) is 0.583. The number of amides is 1. The molecule has 1 N–H and O–H groups in total. The molecule has 1 aliphatic heterocycles. The van der Waals surface area contributed by atoms with E-state index in [1.54, 1.807) is 0 Å². The normalized spacial score (nSPS) is 20.6. The number of likely N-dealkylation sites (tertiary alicyclic amines) is 1. The van der Waals surface area contributed by atoms with Gasteiger partial charge < -0.3 is 5.32 Å². The zero-order chi connectivity index (χ0) is 21.2. The van der Waals surface area contributed by atoms with Crippen molar-refractivity contribution < 1.29 is 4.79 Å². The summed E-state index contributed by atoms with van der Waals surface area (Å²) in [6, 6.07) is 10.1. The van der Waals surface area contributed by atoms with Crippen molar-refractivity contribution in [3.8, 4) is 5.69 Å². The highest BCUT2D eigenvalue weighted by Gasteiger charge is 2.33. The lowest BCUT2D eigenvalue weighted by Gasteiger charge is -2.45. The van der Waals surface area contributed by atoms with E-state index in [-0.39, 0.29) is 11.4 Å². The van der Waals surface area contributed by atoms with Crippen molar-refractivity contribution in [1.82, 2.24) is 20.0 Å². The van der Waals surface area contributed by atoms with E-state index in [0.29, 0.717) is 24.8 Å². The number of carbonyl (C=O) groups excluding carboxylic acids is 1. The Balaban J connectivity index is 1.63. The van der Waals surface area contributed by atoms with Gasteiger partial charge in [-0.25, -0.2) is 4.68 Å². The highest BCUT2D eigenvalue weighted by Crippen LogP contribution is 2.27. The van der Waals surface area contributed by atoms with Gasteiger partial charge in [0.2, 0.25) is 5.91 Å². The molecule has 2 heterocycles. The first-order valence-electron chi connectivity index (χ1n) is 10.8. The second kappa shape index (κ2) is 8.70. The third-order valence-electron chi connectivity index (χ3n) is 6.22. The Bertz CT molecular complexity index is 830. The van der Waals surface area contributed by atoms with Crippen molar-refractivity contribution in [3.05, 3.63) is 47.3 Å². The number of nitrogens with zero attached hydrogens (tertiary/aromatic N) is 3. The van der Waals surface area contributed by atoms with Crippen LogP contribution in [0.2, 0.25) is 0 Å². The molecule has 1 fully saturated rings. The third kappa shape index (κ3) is 5.08. The molecule has 1 aromatic heterocycles. The summed E-state index contributed by atoms with van der Waals surface area (Å²) in [6.07, 6.45) is 1.66. The quantitative estimate of drug-likeness (QED) is 0.805. The molecule has 0 aliphatic carbocycles. The van der Waals surface area contributed by atoms with Gasteiger partial charge in [0.15, 0.2) is 0 Å². The van der Waals surface area contributed by atoms with Crippen LogP contribution in [-0.2, 0) is 11.2 Å². The van der Waals surface area contributed by atoms with Crippen LogP contribution in [-0.4, -0.2) is 45.8 Å². The lowest BCUT2D eigenvalue weighted by atomic mass is 9.88. The molecule has 2 atom stereocenters. The number of benzene rings is 1. The van der Waals surface area contributed by atoms with E-state index in [1.807, 2.05) is 48.9 Å². The lowest BCUT2D eigenvalue weighted by Crippen LogP contribution is -2.56. The van der Waals surface area contributed by atoms with Gasteiger partial charge in [-0.3, -0.25) is 9.69 Å². The molecule has 3 rings (SSSR count). The zero-order valence-electron chi connectivity index (χ0n) is 18.8. The number of carbonyl (C=O) groups is 1. The highest BCUT2D eigenvalue weighted by molar-refractivity contribution is 5.79. The second-order valence-corrected chi connectivity index (χ2v) is 9.51. The van der Waals surface area contributed by atoms with Gasteiger partial charge in [0.1, 0.15) is 0 Å². The number of para-hydroxylation sites is 1. The molecule has 0 spiro atoms. The molecule has 29 heavy (non-hydrogen) atoms. The minimum absolute atomic E-state index is 0.0447. The minimum atomic E-state index is -0.0447. The number of hydrogen-bond acceptors (Lipinski definition) is 3. The van der Waals surface area contributed by atoms with Gasteiger partial charge >= 0.3 is 0 Å². The molecule has 1 saturated heterocycles. The van der Waals surface area contributed by atoms with Crippen LogP contribution in [0.15, 0.2) is 30.3 Å². The summed E-state index contributed by atoms with van der Waals surface area (Å²) in [5, 5.41) is 7.85. The van der Waals surface area contributed by atoms with Gasteiger partial charge in [0, 0.05) is 36.4 Å². The predicted molar refractivity (Wildman–Crippen MR) is 118 cm³/mol. The van der Waals surface area contributed by atoms with Crippen molar-refractivity contribution in [2.24, 2.45) is 11.8 Å². The van der Waals surface area contributed by atoms with Crippen molar-refractivity contribution >= 4 is 5.91 Å². The third-order valence-corrected chi connectivity index (χ3v) is 6.22. The first-order chi connectivity index (χ1) is 13.7. The Hall–Kier alpha value is -2.14. The molecule has 2 unspecified atom stereocenters. The molecular weight excluding hydrogens is 360 g/mol. The summed E-state index contributed by atoms with van der Waals surface area (Å²) in [5.41, 5.74) is 3.94. The summed E-state index contributed by atoms with van der Waals surface area (Å²) < 4.78 is 1.93. The van der Waals surface area contributed by atoms with Crippen LogP contribution in [0.1, 0.15) is 51.1 Å². The van der Waals surface area contributed by atoms with Crippen LogP contribution in [0.4, 0.5) is 0 Å². The summed E-state index contributed by atoms with van der Waals surface area (Å²) in [7, 11) is 0. The van der Waals surface area contributed by atoms with Gasteiger partial charge in [0.05, 0.1) is 17.8 Å². The maximum atomic E-state index is 12.8. The molecule has 1 aliphatic rings. The Kier molecular flexibility index (Phi) is 6.47. The van der Waals surface area contributed by atoms with Crippen LogP contribution in [0, 0.1) is 25.7 Å². The molecule has 1 aromatic carbocycles. The predicted octanol–water partition coefficient (Wildman–Crippen LogP) is 3.90. The Morgan fingerprint density at radius 3 is 2.38 bits per heavy atom. The summed E-state index contributed by atoms with van der Waals surface area (Å²) in [4.78, 5) is 15.3. The summed E-state index contributed by atoms with van der Waals surface area (Å²) in [5.74, 6) is 1.49. The van der Waals surface area contributed by atoms with E-state index in [9.17, 15) is 4.79 Å². The highest BCUT2D eigenvalue weighted by atomic mass is 16.1. The van der Waals surface area contributed by atoms with Gasteiger partial charge in [0.25, 0.3) is 0 Å². The number of rotatable bonds is 6. The largest absolute Gasteiger partial charge is 0.354 e. The molecule has 5 nitrogen and oxygen atoms in total. The van der Waals surface area contributed by atoms with Crippen LogP contribution >= 0.6 is 0 Å². The summed E-state index contributed by atoms with van der Waals surface area (Å²) in [6.45, 7) is 16.0. The van der Waals surface area contributed by atoms with E-state index in [4.69, 9.17) is 0 Å². The fourth-order valence-electron chi connectivity index (χ4n) is 4.56. The number of aromatic nitrogens is 2. The number of nitrogens with one attached hydrogen (secondary N) is 1. The van der Waals surface area contributed by atoms with E-state index in [2.05, 4.69) is 43.0 Å². The number of piperidine rings is 1. The molecular formula is C24H36N4O. The zero-order valence-corrected chi connectivity index (χ0v) is 18.8. The first-order valence-corrected chi connectivity index (χ1v) is 10.8. The molecule has 1 amide bonds. The first kappa shape index (κ1) is 21.6. The van der Waals surface area contributed by atoms with Gasteiger partial charge in [-0.2, -0.15) is 5.10 Å². The lowest BCUT2D eigenvalue weighted by molar-refractivity contribution is -0.121. The van der Waals surface area contributed by atoms with Crippen LogP contribution in [0.3, 0.4) is 0 Å². The van der Waals surface area contributed by atoms with E-state index in [1.165, 1.54) is 6.42 Å². The molecule has 158 valence electrons. The number of aryl methyl sites for hydroxylation is 1. The number of hydrogen-bond donors (Lipinski definition) is 1. The minimum Gasteiger partial charge on any atom is -0.354 e. The Morgan fingerprint density at radius 1 is 1.14 bits per heavy atom. The fourth-order valence-corrected chi connectivity index (χ4v) is 4.56. The molecule has 0 saturated carbocycles. The SMILES string of the molecule is Cc1nn(-c2ccccc2)c(C)c1CC(=O)NCC(C)(C)N1CC(C)CC(C)C1.